The van der Waals surface area contributed by atoms with Gasteiger partial charge in [0.25, 0.3) is 5.56 Å². The van der Waals surface area contributed by atoms with Crippen molar-refractivity contribution >= 4 is 34.5 Å². The van der Waals surface area contributed by atoms with Gasteiger partial charge in [0.15, 0.2) is 5.65 Å². The summed E-state index contributed by atoms with van der Waals surface area (Å²) in [6.45, 7) is 6.37. The maximum atomic E-state index is 13.0. The predicted molar refractivity (Wildman–Crippen MR) is 137 cm³/mol. The summed E-state index contributed by atoms with van der Waals surface area (Å²) < 4.78 is 4.57. The number of nitrogens with zero attached hydrogens (tertiary/aromatic N) is 6. The van der Waals surface area contributed by atoms with Gasteiger partial charge in [0.1, 0.15) is 22.1 Å². The van der Waals surface area contributed by atoms with Crippen molar-refractivity contribution in [1.29, 1.82) is 0 Å². The minimum absolute atomic E-state index is 0.0205. The van der Waals surface area contributed by atoms with E-state index >= 15 is 0 Å². The lowest BCUT2D eigenvalue weighted by Gasteiger charge is -2.15. The fourth-order valence-electron chi connectivity index (χ4n) is 4.44. The summed E-state index contributed by atoms with van der Waals surface area (Å²) in [5, 5.41) is 8.22. The Morgan fingerprint density at radius 3 is 2.66 bits per heavy atom. The van der Waals surface area contributed by atoms with E-state index in [4.69, 9.17) is 0 Å². The van der Waals surface area contributed by atoms with E-state index in [-0.39, 0.29) is 23.9 Å². The normalized spacial score (nSPS) is 14.3. The van der Waals surface area contributed by atoms with Crippen LogP contribution in [0.25, 0.3) is 11.0 Å². The molecule has 3 aromatic heterocycles. The lowest BCUT2D eigenvalue weighted by molar-refractivity contribution is -0.115. The predicted octanol–water partition coefficient (Wildman–Crippen LogP) is 3.46. The number of rotatable bonds is 9. The Labute approximate surface area is 208 Å². The lowest BCUT2D eigenvalue weighted by Crippen LogP contribution is -2.39. The number of carbonyl (C=O) groups is 1. The maximum Gasteiger partial charge on any atom is 0.332 e. The van der Waals surface area contributed by atoms with Gasteiger partial charge in [0.05, 0.1) is 12.2 Å². The Morgan fingerprint density at radius 1 is 1.23 bits per heavy atom. The van der Waals surface area contributed by atoms with E-state index in [0.29, 0.717) is 40.2 Å². The molecule has 1 N–H and O–H groups in total. The highest BCUT2D eigenvalue weighted by atomic mass is 32.2. The smallest absolute Gasteiger partial charge is 0.311 e. The van der Waals surface area contributed by atoms with Gasteiger partial charge in [0.2, 0.25) is 5.91 Å². The molecule has 1 fully saturated rings. The molecule has 188 valence electrons. The van der Waals surface area contributed by atoms with Crippen molar-refractivity contribution < 1.29 is 4.79 Å². The van der Waals surface area contributed by atoms with Crippen molar-refractivity contribution in [2.75, 3.05) is 11.1 Å². The number of fused-ring (bicyclic) bond motifs is 1. The summed E-state index contributed by atoms with van der Waals surface area (Å²) in [7, 11) is 1.47. The number of aromatic nitrogens is 6. The molecular formula is C24H33N7O3S. The Hall–Kier alpha value is -2.95. The summed E-state index contributed by atoms with van der Waals surface area (Å²) in [4.78, 5) is 47.8. The van der Waals surface area contributed by atoms with Crippen molar-refractivity contribution in [1.82, 2.24) is 28.9 Å². The van der Waals surface area contributed by atoms with E-state index in [9.17, 15) is 14.4 Å². The second-order valence-electron chi connectivity index (χ2n) is 9.28. The van der Waals surface area contributed by atoms with Crippen LogP contribution in [0, 0.1) is 0 Å². The molecule has 1 aliphatic carbocycles. The number of anilines is 1. The van der Waals surface area contributed by atoms with Crippen molar-refractivity contribution in [2.45, 2.75) is 82.8 Å². The highest BCUT2D eigenvalue weighted by molar-refractivity contribution is 7.99. The monoisotopic (exact) mass is 499 g/mol. The minimum Gasteiger partial charge on any atom is -0.311 e. The zero-order valence-corrected chi connectivity index (χ0v) is 21.6. The summed E-state index contributed by atoms with van der Waals surface area (Å²) in [6.07, 6.45) is 7.23. The summed E-state index contributed by atoms with van der Waals surface area (Å²) >= 11 is 1.34. The van der Waals surface area contributed by atoms with E-state index < -0.39 is 5.56 Å². The second kappa shape index (κ2) is 10.8. The number of nitrogens with one attached hydrogen (secondary N) is 1. The maximum absolute atomic E-state index is 13.0. The Bertz CT molecular complexity index is 1340. The number of hydrogen-bond acceptors (Lipinski definition) is 7. The van der Waals surface area contributed by atoms with Gasteiger partial charge in [-0.3, -0.25) is 18.7 Å². The number of amides is 1. The van der Waals surface area contributed by atoms with Crippen LogP contribution in [0.1, 0.15) is 77.1 Å². The van der Waals surface area contributed by atoms with Crippen LogP contribution >= 0.6 is 11.8 Å². The van der Waals surface area contributed by atoms with Gasteiger partial charge in [-0.2, -0.15) is 5.10 Å². The average Bonchev–Trinajstić information content (AvgIpc) is 3.52. The van der Waals surface area contributed by atoms with E-state index in [1.165, 1.54) is 31.7 Å². The molecule has 4 rings (SSSR count). The molecule has 0 aliphatic heterocycles. The lowest BCUT2D eigenvalue weighted by atomic mass is 10.2. The van der Waals surface area contributed by atoms with Crippen LogP contribution < -0.4 is 16.6 Å². The number of thioether (sulfide) groups is 1. The van der Waals surface area contributed by atoms with Gasteiger partial charge in [0, 0.05) is 37.8 Å². The van der Waals surface area contributed by atoms with E-state index in [1.807, 2.05) is 31.5 Å². The molecule has 0 bridgehead atoms. The fourth-order valence-corrected chi connectivity index (χ4v) is 5.40. The molecule has 1 aliphatic rings. The minimum atomic E-state index is -0.417. The first-order valence-corrected chi connectivity index (χ1v) is 13.3. The fraction of sp³-hybridized carbons (Fsp3) is 0.583. The first kappa shape index (κ1) is 25.2. The van der Waals surface area contributed by atoms with E-state index in [2.05, 4.69) is 20.4 Å². The molecule has 0 radical (unpaired) electrons. The van der Waals surface area contributed by atoms with Gasteiger partial charge in [-0.1, -0.05) is 33.6 Å². The van der Waals surface area contributed by atoms with Crippen molar-refractivity contribution in [3.05, 3.63) is 38.9 Å². The van der Waals surface area contributed by atoms with Gasteiger partial charge < -0.3 is 5.32 Å². The molecular weight excluding hydrogens is 466 g/mol. The summed E-state index contributed by atoms with van der Waals surface area (Å²) in [5.74, 6) is 1.63. The van der Waals surface area contributed by atoms with E-state index in [0.717, 1.165) is 29.6 Å². The van der Waals surface area contributed by atoms with Gasteiger partial charge in [-0.05, 0) is 19.3 Å². The van der Waals surface area contributed by atoms with Crippen LogP contribution in [-0.4, -0.2) is 40.5 Å². The molecule has 3 aromatic rings. The van der Waals surface area contributed by atoms with Crippen LogP contribution in [-0.2, 0) is 18.4 Å². The molecule has 0 spiro atoms. The molecule has 10 nitrogen and oxygen atoms in total. The highest BCUT2D eigenvalue weighted by Crippen LogP contribution is 2.31. The standard InChI is InChI=1S/C24H33N7O3S/c1-5-13-30-21-19(23(33)29(4)24(30)34)22(28-20(27-21)15(2)3)35-14-11-18(32)26-17-10-12-25-31(17)16-8-6-7-9-16/h10,12,15-16H,5-9,11,13-14H2,1-4H3,(H,26,32). The third-order valence-corrected chi connectivity index (χ3v) is 7.28. The molecule has 0 atom stereocenters. The van der Waals surface area contributed by atoms with Crippen LogP contribution in [0.15, 0.2) is 26.9 Å². The molecule has 35 heavy (non-hydrogen) atoms. The van der Waals surface area contributed by atoms with Crippen LogP contribution in [0.5, 0.6) is 0 Å². The Balaban J connectivity index is 1.56. The van der Waals surface area contributed by atoms with E-state index in [1.54, 1.807) is 10.8 Å². The first-order valence-electron chi connectivity index (χ1n) is 12.3. The van der Waals surface area contributed by atoms with Crippen LogP contribution in [0.2, 0.25) is 0 Å². The first-order chi connectivity index (χ1) is 16.8. The van der Waals surface area contributed by atoms with Gasteiger partial charge in [-0.25, -0.2) is 19.4 Å². The molecule has 1 saturated carbocycles. The zero-order chi connectivity index (χ0) is 25.1. The molecule has 0 aromatic carbocycles. The number of hydrogen-bond donors (Lipinski definition) is 1. The largest absolute Gasteiger partial charge is 0.332 e. The summed E-state index contributed by atoms with van der Waals surface area (Å²) in [6, 6.07) is 2.17. The molecule has 0 unspecified atom stereocenters. The van der Waals surface area contributed by atoms with Crippen molar-refractivity contribution in [3.8, 4) is 0 Å². The second-order valence-corrected chi connectivity index (χ2v) is 10.4. The average molecular weight is 500 g/mol. The van der Waals surface area contributed by atoms with Crippen LogP contribution in [0.3, 0.4) is 0 Å². The molecule has 1 amide bonds. The Morgan fingerprint density at radius 2 is 1.97 bits per heavy atom. The quantitative estimate of drug-likeness (QED) is 0.354. The molecule has 0 saturated heterocycles. The molecule has 3 heterocycles. The van der Waals surface area contributed by atoms with Crippen molar-refractivity contribution in [3.63, 3.8) is 0 Å². The topological polar surface area (TPSA) is 117 Å². The highest BCUT2D eigenvalue weighted by Gasteiger charge is 2.22. The Kier molecular flexibility index (Phi) is 7.73. The molecule has 11 heteroatoms. The zero-order valence-electron chi connectivity index (χ0n) is 20.8. The third kappa shape index (κ3) is 5.19. The number of carbonyl (C=O) groups excluding carboxylic acids is 1. The number of aryl methyl sites for hydroxylation is 1. The van der Waals surface area contributed by atoms with Crippen LogP contribution in [0.4, 0.5) is 5.82 Å². The van der Waals surface area contributed by atoms with Gasteiger partial charge in [-0.15, -0.1) is 11.8 Å². The third-order valence-electron chi connectivity index (χ3n) is 6.31. The summed E-state index contributed by atoms with van der Waals surface area (Å²) in [5.41, 5.74) is -0.432. The van der Waals surface area contributed by atoms with Gasteiger partial charge >= 0.3 is 5.69 Å². The SMILES string of the molecule is CCCn1c(=O)n(C)c(=O)c2c(SCCC(=O)Nc3ccnn3C3CCCC3)nc(C(C)C)nc21. The van der Waals surface area contributed by atoms with Crippen molar-refractivity contribution in [2.24, 2.45) is 7.05 Å².